The summed E-state index contributed by atoms with van der Waals surface area (Å²) in [6.07, 6.45) is 1.60. The van der Waals surface area contributed by atoms with Crippen molar-refractivity contribution in [2.75, 3.05) is 0 Å². The van der Waals surface area contributed by atoms with Crippen molar-refractivity contribution >= 4 is 0 Å². The lowest BCUT2D eigenvalue weighted by atomic mass is 9.84. The Morgan fingerprint density at radius 1 is 1.42 bits per heavy atom. The zero-order valence-corrected chi connectivity index (χ0v) is 6.97. The summed E-state index contributed by atoms with van der Waals surface area (Å²) in [6, 6.07) is -0.902. The van der Waals surface area contributed by atoms with E-state index in [-0.39, 0.29) is 16.9 Å². The molecule has 0 aromatic rings. The molecule has 0 radical (unpaired) electrons. The molecule has 0 spiro atoms. The van der Waals surface area contributed by atoms with Crippen molar-refractivity contribution in [3.05, 3.63) is 15.0 Å². The molecule has 5 nitrogen and oxygen atoms in total. The molecule has 1 saturated carbocycles. The predicted molar refractivity (Wildman–Crippen MR) is 43.4 cm³/mol. The number of nitrogens with zero attached hydrogens (tertiary/aromatic N) is 2. The molecule has 68 valence electrons. The zero-order chi connectivity index (χ0) is 9.14. The van der Waals surface area contributed by atoms with Gasteiger partial charge in [-0.3, -0.25) is 10.1 Å². The molecule has 1 aliphatic carbocycles. The number of hydrogen-bond acceptors (Lipinski definition) is 4. The van der Waals surface area contributed by atoms with E-state index >= 15 is 0 Å². The maximum atomic E-state index is 10.4. The van der Waals surface area contributed by atoms with Gasteiger partial charge in [0.15, 0.2) is 0 Å². The van der Waals surface area contributed by atoms with Gasteiger partial charge in [0, 0.05) is 17.8 Å². The first-order valence-corrected chi connectivity index (χ1v) is 4.09. The van der Waals surface area contributed by atoms with Gasteiger partial charge < -0.3 is 0 Å². The van der Waals surface area contributed by atoms with E-state index in [9.17, 15) is 15.0 Å². The second-order valence-electron chi connectivity index (χ2n) is 3.51. The van der Waals surface area contributed by atoms with Crippen molar-refractivity contribution in [3.8, 4) is 0 Å². The predicted octanol–water partition coefficient (Wildman–Crippen LogP) is 1.59. The van der Waals surface area contributed by atoms with E-state index < -0.39 is 6.04 Å². The van der Waals surface area contributed by atoms with Crippen LogP contribution in [0.1, 0.15) is 26.2 Å². The molecule has 0 bridgehead atoms. The highest BCUT2D eigenvalue weighted by Gasteiger charge is 2.33. The standard InChI is InChI=1S/C7H12N2O3/c1-5-2-6(8-10)4-7(3-5)9(11)12/h5-7H,2-4H2,1H3. The van der Waals surface area contributed by atoms with Crippen LogP contribution in [0.3, 0.4) is 0 Å². The van der Waals surface area contributed by atoms with Gasteiger partial charge in [-0.05, 0) is 12.3 Å². The van der Waals surface area contributed by atoms with Crippen LogP contribution in [0.5, 0.6) is 0 Å². The fourth-order valence-electron chi connectivity index (χ4n) is 1.79. The average Bonchev–Trinajstić information content (AvgIpc) is 2.03. The van der Waals surface area contributed by atoms with Gasteiger partial charge in [-0.25, -0.2) is 0 Å². The minimum atomic E-state index is -0.559. The van der Waals surface area contributed by atoms with Crippen LogP contribution in [0.2, 0.25) is 0 Å². The maximum Gasteiger partial charge on any atom is 0.215 e. The fourth-order valence-corrected chi connectivity index (χ4v) is 1.79. The monoisotopic (exact) mass is 172 g/mol. The summed E-state index contributed by atoms with van der Waals surface area (Å²) in [7, 11) is 0. The van der Waals surface area contributed by atoms with Crippen LogP contribution in [0, 0.1) is 20.9 Å². The third-order valence-electron chi connectivity index (χ3n) is 2.34. The van der Waals surface area contributed by atoms with Gasteiger partial charge in [0.25, 0.3) is 0 Å². The topological polar surface area (TPSA) is 72.6 Å². The molecule has 3 atom stereocenters. The third-order valence-corrected chi connectivity index (χ3v) is 2.34. The van der Waals surface area contributed by atoms with E-state index in [1.807, 2.05) is 6.92 Å². The van der Waals surface area contributed by atoms with E-state index in [4.69, 9.17) is 0 Å². The molecule has 0 saturated heterocycles. The largest absolute Gasteiger partial charge is 0.264 e. The van der Waals surface area contributed by atoms with Crippen LogP contribution >= 0.6 is 0 Å². The van der Waals surface area contributed by atoms with Gasteiger partial charge in [0.05, 0.1) is 6.04 Å². The Hall–Kier alpha value is -1.00. The Balaban J connectivity index is 2.56. The molecule has 0 heterocycles. The second kappa shape index (κ2) is 3.60. The normalized spacial score (nSPS) is 35.9. The number of nitroso groups, excluding NO2 is 1. The highest BCUT2D eigenvalue weighted by Crippen LogP contribution is 2.27. The summed E-state index contributed by atoms with van der Waals surface area (Å²) in [5, 5.41) is 13.3. The summed E-state index contributed by atoms with van der Waals surface area (Å²) in [5.41, 5.74) is 0. The van der Waals surface area contributed by atoms with E-state index in [2.05, 4.69) is 5.18 Å². The van der Waals surface area contributed by atoms with Gasteiger partial charge in [-0.1, -0.05) is 12.1 Å². The van der Waals surface area contributed by atoms with Gasteiger partial charge in [-0.15, -0.1) is 0 Å². The second-order valence-corrected chi connectivity index (χ2v) is 3.51. The Kier molecular flexibility index (Phi) is 2.73. The van der Waals surface area contributed by atoms with Crippen molar-refractivity contribution < 1.29 is 4.92 Å². The number of nitro groups is 1. The SMILES string of the molecule is CC1CC(N=O)CC([N+](=O)[O-])C1. The molecular weight excluding hydrogens is 160 g/mol. The summed E-state index contributed by atoms with van der Waals surface area (Å²) in [4.78, 5) is 20.3. The van der Waals surface area contributed by atoms with Crippen LogP contribution in [0.4, 0.5) is 0 Å². The molecule has 1 fully saturated rings. The summed E-state index contributed by atoms with van der Waals surface area (Å²) in [5.74, 6) is 0.247. The summed E-state index contributed by atoms with van der Waals surface area (Å²) >= 11 is 0. The number of rotatable bonds is 2. The molecule has 0 aliphatic heterocycles. The first kappa shape index (κ1) is 9.09. The van der Waals surface area contributed by atoms with Crippen LogP contribution in [-0.2, 0) is 0 Å². The quantitative estimate of drug-likeness (QED) is 0.360. The molecule has 12 heavy (non-hydrogen) atoms. The van der Waals surface area contributed by atoms with E-state index in [0.29, 0.717) is 19.3 Å². The van der Waals surface area contributed by atoms with Gasteiger partial charge in [-0.2, -0.15) is 4.91 Å². The highest BCUT2D eigenvalue weighted by atomic mass is 16.6. The van der Waals surface area contributed by atoms with E-state index in [1.165, 1.54) is 0 Å². The van der Waals surface area contributed by atoms with E-state index in [0.717, 1.165) is 0 Å². The molecule has 0 aromatic carbocycles. The molecule has 5 heteroatoms. The summed E-state index contributed by atoms with van der Waals surface area (Å²) in [6.45, 7) is 1.92. The number of hydrogen-bond donors (Lipinski definition) is 0. The Morgan fingerprint density at radius 3 is 2.58 bits per heavy atom. The van der Waals surface area contributed by atoms with Crippen LogP contribution in [-0.4, -0.2) is 17.0 Å². The first-order chi connectivity index (χ1) is 5.63. The lowest BCUT2D eigenvalue weighted by Crippen LogP contribution is -2.32. The van der Waals surface area contributed by atoms with Gasteiger partial charge in [0.2, 0.25) is 6.04 Å². The van der Waals surface area contributed by atoms with Gasteiger partial charge in [0.1, 0.15) is 0 Å². The average molecular weight is 172 g/mol. The van der Waals surface area contributed by atoms with Crippen molar-refractivity contribution in [2.24, 2.45) is 11.1 Å². The Morgan fingerprint density at radius 2 is 2.08 bits per heavy atom. The van der Waals surface area contributed by atoms with Gasteiger partial charge >= 0.3 is 0 Å². The van der Waals surface area contributed by atoms with Crippen molar-refractivity contribution in [2.45, 2.75) is 38.3 Å². The first-order valence-electron chi connectivity index (χ1n) is 4.09. The highest BCUT2D eigenvalue weighted by molar-refractivity contribution is 4.80. The maximum absolute atomic E-state index is 10.4. The zero-order valence-electron chi connectivity index (χ0n) is 6.97. The van der Waals surface area contributed by atoms with Crippen molar-refractivity contribution in [1.82, 2.24) is 0 Å². The molecule has 0 N–H and O–H groups in total. The fraction of sp³-hybridized carbons (Fsp3) is 1.00. The van der Waals surface area contributed by atoms with Crippen LogP contribution < -0.4 is 0 Å². The molecule has 0 amide bonds. The Bertz CT molecular complexity index is 195. The molecule has 0 aromatic heterocycles. The van der Waals surface area contributed by atoms with Crippen molar-refractivity contribution in [1.29, 1.82) is 0 Å². The van der Waals surface area contributed by atoms with E-state index in [1.54, 1.807) is 0 Å². The minimum Gasteiger partial charge on any atom is -0.264 e. The van der Waals surface area contributed by atoms with Crippen LogP contribution in [0.25, 0.3) is 0 Å². The van der Waals surface area contributed by atoms with Crippen molar-refractivity contribution in [3.63, 3.8) is 0 Å². The third kappa shape index (κ3) is 1.99. The molecule has 3 unspecified atom stereocenters. The summed E-state index contributed by atoms with van der Waals surface area (Å²) < 4.78 is 0. The molecule has 1 aliphatic rings. The molecule has 1 rings (SSSR count). The Labute approximate surface area is 70.3 Å². The minimum absolute atomic E-state index is 0.247. The lowest BCUT2D eigenvalue weighted by molar-refractivity contribution is -0.528. The smallest absolute Gasteiger partial charge is 0.215 e. The van der Waals surface area contributed by atoms with Crippen LogP contribution in [0.15, 0.2) is 5.18 Å². The lowest BCUT2D eigenvalue weighted by Gasteiger charge is -2.24. The molecular formula is C7H12N2O3.